The highest BCUT2D eigenvalue weighted by Gasteiger charge is 2.23. The van der Waals surface area contributed by atoms with Gasteiger partial charge in [-0.15, -0.1) is 0 Å². The molecule has 1 fully saturated rings. The van der Waals surface area contributed by atoms with E-state index in [0.29, 0.717) is 30.2 Å². The van der Waals surface area contributed by atoms with Gasteiger partial charge in [0.05, 0.1) is 17.8 Å². The van der Waals surface area contributed by atoms with Crippen LogP contribution < -0.4 is 10.2 Å². The summed E-state index contributed by atoms with van der Waals surface area (Å²) in [6.07, 6.45) is 2.60. The number of halogens is 1. The fourth-order valence-electron chi connectivity index (χ4n) is 3.78. The summed E-state index contributed by atoms with van der Waals surface area (Å²) in [6.45, 7) is 3.83. The topological polar surface area (TPSA) is 70.0 Å². The third kappa shape index (κ3) is 3.98. The highest BCUT2D eigenvalue weighted by Crippen LogP contribution is 2.25. The molecule has 1 aromatic carbocycles. The minimum Gasteiger partial charge on any atom is -0.355 e. The van der Waals surface area contributed by atoms with Crippen molar-refractivity contribution in [2.24, 2.45) is 0 Å². The lowest BCUT2D eigenvalue weighted by Gasteiger charge is -2.26. The van der Waals surface area contributed by atoms with Crippen molar-refractivity contribution in [3.63, 3.8) is 0 Å². The van der Waals surface area contributed by atoms with E-state index in [0.717, 1.165) is 29.1 Å². The van der Waals surface area contributed by atoms with E-state index in [1.165, 1.54) is 0 Å². The van der Waals surface area contributed by atoms with Crippen molar-refractivity contribution in [3.8, 4) is 0 Å². The zero-order chi connectivity index (χ0) is 21.3. The first-order valence-electron chi connectivity index (χ1n) is 9.99. The number of carbonyl (C=O) groups is 2. The smallest absolute Gasteiger partial charge is 0.255 e. The van der Waals surface area contributed by atoms with Crippen molar-refractivity contribution < 1.29 is 9.59 Å². The summed E-state index contributed by atoms with van der Waals surface area (Å²) in [5.74, 6) is 0.674. The van der Waals surface area contributed by atoms with Gasteiger partial charge in [0.25, 0.3) is 5.91 Å². The molecule has 1 saturated heterocycles. The summed E-state index contributed by atoms with van der Waals surface area (Å²) in [5.41, 5.74) is 3.43. The molecule has 3 aromatic rings. The van der Waals surface area contributed by atoms with Gasteiger partial charge in [0.15, 0.2) is 0 Å². The monoisotopic (exact) mass is 425 g/mol. The molecule has 0 bridgehead atoms. The lowest BCUT2D eigenvalue weighted by molar-refractivity contribution is -0.123. The van der Waals surface area contributed by atoms with E-state index in [4.69, 9.17) is 16.6 Å². The number of nitrogens with zero attached hydrogens (tertiary/aromatic N) is 4. The number of rotatable bonds is 5. The molecule has 156 valence electrons. The lowest BCUT2D eigenvalue weighted by Crippen LogP contribution is -2.50. The minimum atomic E-state index is -0.148. The van der Waals surface area contributed by atoms with Crippen molar-refractivity contribution in [2.45, 2.75) is 19.9 Å². The molecule has 0 saturated carbocycles. The van der Waals surface area contributed by atoms with Gasteiger partial charge in [-0.1, -0.05) is 30.7 Å². The highest BCUT2D eigenvalue weighted by molar-refractivity contribution is 6.30. The predicted octanol–water partition coefficient (Wildman–Crippen LogP) is 2.76. The summed E-state index contributed by atoms with van der Waals surface area (Å²) in [7, 11) is 2.01. The number of nitrogens with one attached hydrogen (secondary N) is 1. The number of pyridine rings is 1. The number of amides is 2. The molecule has 30 heavy (non-hydrogen) atoms. The Morgan fingerprint density at radius 1 is 1.23 bits per heavy atom. The van der Waals surface area contributed by atoms with E-state index in [-0.39, 0.29) is 18.4 Å². The average molecular weight is 426 g/mol. The van der Waals surface area contributed by atoms with Gasteiger partial charge in [0, 0.05) is 37.9 Å². The fourth-order valence-corrected chi connectivity index (χ4v) is 3.91. The summed E-state index contributed by atoms with van der Waals surface area (Å²) in [4.78, 5) is 33.1. The normalized spacial score (nSPS) is 14.1. The van der Waals surface area contributed by atoms with E-state index >= 15 is 0 Å². The number of carbonyl (C=O) groups excluding carboxylic acids is 2. The van der Waals surface area contributed by atoms with Crippen molar-refractivity contribution in [1.29, 1.82) is 0 Å². The maximum atomic E-state index is 13.0. The molecule has 2 amide bonds. The number of aromatic nitrogens is 2. The number of anilines is 1. The Morgan fingerprint density at radius 2 is 2.00 bits per heavy atom. The molecular formula is C22H24ClN5O2. The van der Waals surface area contributed by atoms with E-state index in [1.54, 1.807) is 11.0 Å². The number of hydrogen-bond donors (Lipinski definition) is 1. The fraction of sp³-hybridized carbons (Fsp3) is 0.318. The van der Waals surface area contributed by atoms with E-state index in [9.17, 15) is 9.59 Å². The van der Waals surface area contributed by atoms with Crippen LogP contribution in [0.4, 0.5) is 5.82 Å². The van der Waals surface area contributed by atoms with E-state index < -0.39 is 0 Å². The van der Waals surface area contributed by atoms with Gasteiger partial charge in [0.1, 0.15) is 11.5 Å². The molecule has 0 unspecified atom stereocenters. The standard InChI is InChI=1S/C22H24ClN5O2/c1-3-18-21(26(2)12-15-4-7-17(23)8-5-15)28-13-16(6-9-19(28)25-18)22(30)27-11-10-24-20(29)14-27/h4-9,13H,3,10-12,14H2,1-2H3,(H,24,29). The molecule has 8 heteroatoms. The first-order chi connectivity index (χ1) is 14.5. The Labute approximate surface area is 180 Å². The van der Waals surface area contributed by atoms with Crippen molar-refractivity contribution in [1.82, 2.24) is 19.6 Å². The predicted molar refractivity (Wildman–Crippen MR) is 117 cm³/mol. The van der Waals surface area contributed by atoms with Crippen LogP contribution in [0, 0.1) is 0 Å². The Kier molecular flexibility index (Phi) is 5.63. The van der Waals surface area contributed by atoms with Crippen LogP contribution in [0.25, 0.3) is 5.65 Å². The first kappa shape index (κ1) is 20.2. The van der Waals surface area contributed by atoms with Crippen LogP contribution in [-0.2, 0) is 17.8 Å². The second kappa shape index (κ2) is 8.36. The largest absolute Gasteiger partial charge is 0.355 e. The van der Waals surface area contributed by atoms with Gasteiger partial charge in [-0.3, -0.25) is 14.0 Å². The summed E-state index contributed by atoms with van der Waals surface area (Å²) in [5, 5.41) is 3.45. The number of imidazole rings is 1. The number of aryl methyl sites for hydroxylation is 1. The molecule has 0 spiro atoms. The maximum Gasteiger partial charge on any atom is 0.255 e. The Hall–Kier alpha value is -3.06. The Morgan fingerprint density at radius 3 is 2.70 bits per heavy atom. The Balaban J connectivity index is 1.67. The van der Waals surface area contributed by atoms with Crippen LogP contribution >= 0.6 is 11.6 Å². The Bertz CT molecular complexity index is 1090. The molecular weight excluding hydrogens is 402 g/mol. The molecule has 1 N–H and O–H groups in total. The average Bonchev–Trinajstić information content (AvgIpc) is 3.12. The van der Waals surface area contributed by atoms with Crippen LogP contribution in [0.5, 0.6) is 0 Å². The number of fused-ring (bicyclic) bond motifs is 1. The first-order valence-corrected chi connectivity index (χ1v) is 10.4. The zero-order valence-corrected chi connectivity index (χ0v) is 17.8. The van der Waals surface area contributed by atoms with Crippen molar-refractivity contribution in [3.05, 3.63) is 64.4 Å². The van der Waals surface area contributed by atoms with Gasteiger partial charge < -0.3 is 15.1 Å². The molecule has 0 aliphatic carbocycles. The zero-order valence-electron chi connectivity index (χ0n) is 17.1. The van der Waals surface area contributed by atoms with Crippen LogP contribution in [0.15, 0.2) is 42.6 Å². The van der Waals surface area contributed by atoms with Gasteiger partial charge >= 0.3 is 0 Å². The molecule has 1 aliphatic heterocycles. The molecule has 2 aromatic heterocycles. The highest BCUT2D eigenvalue weighted by atomic mass is 35.5. The van der Waals surface area contributed by atoms with Crippen LogP contribution in [-0.4, -0.2) is 52.8 Å². The summed E-state index contributed by atoms with van der Waals surface area (Å²) >= 11 is 6.01. The van der Waals surface area contributed by atoms with Crippen LogP contribution in [0.2, 0.25) is 5.02 Å². The van der Waals surface area contributed by atoms with Crippen molar-refractivity contribution in [2.75, 3.05) is 31.6 Å². The van der Waals surface area contributed by atoms with Gasteiger partial charge in [-0.2, -0.15) is 0 Å². The van der Waals surface area contributed by atoms with Gasteiger partial charge in [-0.05, 0) is 36.2 Å². The minimum absolute atomic E-state index is 0.0876. The molecule has 0 radical (unpaired) electrons. The molecule has 1 aliphatic rings. The summed E-state index contributed by atoms with van der Waals surface area (Å²) < 4.78 is 1.96. The number of benzene rings is 1. The van der Waals surface area contributed by atoms with Gasteiger partial charge in [0.2, 0.25) is 5.91 Å². The summed E-state index contributed by atoms with van der Waals surface area (Å²) in [6, 6.07) is 11.4. The van der Waals surface area contributed by atoms with E-state index in [1.807, 2.05) is 48.0 Å². The molecule has 4 rings (SSSR count). The maximum absolute atomic E-state index is 13.0. The number of hydrogen-bond acceptors (Lipinski definition) is 4. The van der Waals surface area contributed by atoms with E-state index in [2.05, 4.69) is 17.1 Å². The van der Waals surface area contributed by atoms with Crippen LogP contribution in [0.1, 0.15) is 28.5 Å². The quantitative estimate of drug-likeness (QED) is 0.682. The second-order valence-electron chi connectivity index (χ2n) is 7.44. The molecule has 0 atom stereocenters. The molecule has 7 nitrogen and oxygen atoms in total. The number of piperazine rings is 1. The lowest BCUT2D eigenvalue weighted by atomic mass is 10.2. The third-order valence-corrected chi connectivity index (χ3v) is 5.52. The van der Waals surface area contributed by atoms with Gasteiger partial charge in [-0.25, -0.2) is 4.98 Å². The van der Waals surface area contributed by atoms with Crippen molar-refractivity contribution >= 4 is 34.9 Å². The van der Waals surface area contributed by atoms with Crippen LogP contribution in [0.3, 0.4) is 0 Å². The third-order valence-electron chi connectivity index (χ3n) is 5.26. The SMILES string of the molecule is CCc1nc2ccc(C(=O)N3CCNC(=O)C3)cn2c1N(C)Cc1ccc(Cl)cc1. The molecule has 3 heterocycles. The second-order valence-corrected chi connectivity index (χ2v) is 7.88.